The number of rotatable bonds is 9. The summed E-state index contributed by atoms with van der Waals surface area (Å²) in [5.41, 5.74) is 0. The number of benzene rings is 1. The van der Waals surface area contributed by atoms with E-state index in [2.05, 4.69) is 15.5 Å². The molecule has 0 spiro atoms. The van der Waals surface area contributed by atoms with Gasteiger partial charge in [0.25, 0.3) is 0 Å². The number of hydrogen-bond donors (Lipinski definition) is 1. The highest BCUT2D eigenvalue weighted by Crippen LogP contribution is 2.26. The number of tetrazole rings is 1. The number of aliphatic hydroxyl groups is 1. The molecule has 0 saturated carbocycles. The molecule has 0 amide bonds. The Kier molecular flexibility index (Phi) is 6.29. The first-order valence-electron chi connectivity index (χ1n) is 6.69. The summed E-state index contributed by atoms with van der Waals surface area (Å²) in [6.45, 7) is 3.46. The molecule has 2 aromatic rings. The first-order valence-corrected chi connectivity index (χ1v) is 7.68. The van der Waals surface area contributed by atoms with Gasteiger partial charge in [-0.3, -0.25) is 0 Å². The van der Waals surface area contributed by atoms with Gasteiger partial charge in [0.15, 0.2) is 11.5 Å². The number of aromatic nitrogens is 4. The Balaban J connectivity index is 1.80. The molecule has 0 fully saturated rings. The average molecular weight is 310 g/mol. The summed E-state index contributed by atoms with van der Waals surface area (Å²) in [6.07, 6.45) is 0. The lowest BCUT2D eigenvalue weighted by molar-refractivity contribution is 0.262. The van der Waals surface area contributed by atoms with Gasteiger partial charge in [-0.05, 0) is 29.5 Å². The number of hydrogen-bond acceptors (Lipinski definition) is 7. The van der Waals surface area contributed by atoms with E-state index in [4.69, 9.17) is 14.6 Å². The van der Waals surface area contributed by atoms with Crippen molar-refractivity contribution in [1.29, 1.82) is 0 Å². The minimum atomic E-state index is 0.0107. The molecule has 0 saturated heterocycles. The monoisotopic (exact) mass is 310 g/mol. The van der Waals surface area contributed by atoms with E-state index in [9.17, 15) is 0 Å². The topological polar surface area (TPSA) is 82.3 Å². The Hall–Kier alpha value is -1.80. The van der Waals surface area contributed by atoms with Crippen LogP contribution in [0.15, 0.2) is 29.4 Å². The van der Waals surface area contributed by atoms with Crippen molar-refractivity contribution in [2.75, 3.05) is 25.6 Å². The summed E-state index contributed by atoms with van der Waals surface area (Å²) in [4.78, 5) is 0. The van der Waals surface area contributed by atoms with E-state index in [1.807, 2.05) is 31.2 Å². The third-order valence-corrected chi connectivity index (χ3v) is 3.45. The molecule has 0 radical (unpaired) electrons. The molecular weight excluding hydrogens is 292 g/mol. The summed E-state index contributed by atoms with van der Waals surface area (Å²) < 4.78 is 12.8. The van der Waals surface area contributed by atoms with Gasteiger partial charge in [0.2, 0.25) is 5.16 Å². The summed E-state index contributed by atoms with van der Waals surface area (Å²) in [7, 11) is 0. The highest BCUT2D eigenvalue weighted by molar-refractivity contribution is 7.99. The fraction of sp³-hybridized carbons (Fsp3) is 0.462. The van der Waals surface area contributed by atoms with Crippen LogP contribution in [0.25, 0.3) is 0 Å². The van der Waals surface area contributed by atoms with Crippen molar-refractivity contribution < 1.29 is 14.6 Å². The van der Waals surface area contributed by atoms with Gasteiger partial charge in [-0.25, -0.2) is 4.68 Å². The zero-order chi connectivity index (χ0) is 14.9. The summed E-state index contributed by atoms with van der Waals surface area (Å²) in [6, 6.07) is 7.59. The summed E-state index contributed by atoms with van der Waals surface area (Å²) in [5.74, 6) is 2.18. The standard InChI is InChI=1S/C13H18N4O3S/c1-2-19-11-5-3-4-6-12(11)20-9-10-21-13-14-15-16-17(13)7-8-18/h3-6,18H,2,7-10H2,1H3. The number of thioether (sulfide) groups is 1. The van der Waals surface area contributed by atoms with E-state index < -0.39 is 0 Å². The van der Waals surface area contributed by atoms with Crippen molar-refractivity contribution in [2.45, 2.75) is 18.6 Å². The maximum Gasteiger partial charge on any atom is 0.209 e. The molecule has 21 heavy (non-hydrogen) atoms. The Labute approximate surface area is 127 Å². The van der Waals surface area contributed by atoms with Crippen LogP contribution in [0.4, 0.5) is 0 Å². The molecule has 114 valence electrons. The van der Waals surface area contributed by atoms with Crippen LogP contribution in [-0.4, -0.2) is 50.9 Å². The first-order chi connectivity index (χ1) is 10.3. The number of aliphatic hydroxyl groups excluding tert-OH is 1. The van der Waals surface area contributed by atoms with Gasteiger partial charge < -0.3 is 14.6 Å². The molecule has 1 N–H and O–H groups in total. The van der Waals surface area contributed by atoms with Crippen LogP contribution < -0.4 is 9.47 Å². The number of ether oxygens (including phenoxy) is 2. The van der Waals surface area contributed by atoms with E-state index >= 15 is 0 Å². The maximum atomic E-state index is 8.90. The van der Waals surface area contributed by atoms with Gasteiger partial charge in [-0.15, -0.1) is 5.10 Å². The van der Waals surface area contributed by atoms with Gasteiger partial charge in [-0.2, -0.15) is 0 Å². The van der Waals surface area contributed by atoms with Crippen molar-refractivity contribution in [3.63, 3.8) is 0 Å². The van der Waals surface area contributed by atoms with Gasteiger partial charge in [-0.1, -0.05) is 23.9 Å². The van der Waals surface area contributed by atoms with Gasteiger partial charge in [0, 0.05) is 5.75 Å². The van der Waals surface area contributed by atoms with E-state index in [1.54, 1.807) is 4.68 Å². The Bertz CT molecular complexity index is 550. The van der Waals surface area contributed by atoms with Crippen LogP contribution in [0.5, 0.6) is 11.5 Å². The van der Waals surface area contributed by atoms with Crippen molar-refractivity contribution >= 4 is 11.8 Å². The minimum Gasteiger partial charge on any atom is -0.490 e. The summed E-state index contributed by atoms with van der Waals surface area (Å²) in [5, 5.41) is 20.9. The van der Waals surface area contributed by atoms with Crippen LogP contribution in [0.2, 0.25) is 0 Å². The van der Waals surface area contributed by atoms with Crippen LogP contribution >= 0.6 is 11.8 Å². The smallest absolute Gasteiger partial charge is 0.209 e. The molecule has 0 atom stereocenters. The lowest BCUT2D eigenvalue weighted by atomic mass is 10.3. The van der Waals surface area contributed by atoms with Crippen molar-refractivity contribution in [3.8, 4) is 11.5 Å². The van der Waals surface area contributed by atoms with Crippen LogP contribution in [0.1, 0.15) is 6.92 Å². The second-order valence-electron chi connectivity index (χ2n) is 3.98. The van der Waals surface area contributed by atoms with Crippen molar-refractivity contribution in [2.24, 2.45) is 0 Å². The quantitative estimate of drug-likeness (QED) is 0.551. The average Bonchev–Trinajstić information content (AvgIpc) is 2.93. The maximum absolute atomic E-state index is 8.90. The highest BCUT2D eigenvalue weighted by atomic mass is 32.2. The first kappa shape index (κ1) is 15.6. The Morgan fingerprint density at radius 2 is 2.00 bits per heavy atom. The Morgan fingerprint density at radius 1 is 1.24 bits per heavy atom. The van der Waals surface area contributed by atoms with E-state index in [0.717, 1.165) is 11.5 Å². The number of nitrogens with zero attached hydrogens (tertiary/aromatic N) is 4. The zero-order valence-corrected chi connectivity index (χ0v) is 12.6. The largest absolute Gasteiger partial charge is 0.490 e. The molecule has 0 unspecified atom stereocenters. The molecule has 0 aliphatic carbocycles. The lowest BCUT2D eigenvalue weighted by Gasteiger charge is -2.11. The molecule has 1 aromatic carbocycles. The molecule has 7 nitrogen and oxygen atoms in total. The van der Waals surface area contributed by atoms with Gasteiger partial charge in [0.1, 0.15) is 0 Å². The van der Waals surface area contributed by atoms with Crippen molar-refractivity contribution in [3.05, 3.63) is 24.3 Å². The van der Waals surface area contributed by atoms with Crippen LogP contribution in [0.3, 0.4) is 0 Å². The molecule has 0 aliphatic rings. The fourth-order valence-corrected chi connectivity index (χ4v) is 2.38. The van der Waals surface area contributed by atoms with Gasteiger partial charge >= 0.3 is 0 Å². The normalized spacial score (nSPS) is 10.6. The SMILES string of the molecule is CCOc1ccccc1OCCSc1nnnn1CCO. The zero-order valence-electron chi connectivity index (χ0n) is 11.8. The van der Waals surface area contributed by atoms with Crippen molar-refractivity contribution in [1.82, 2.24) is 20.2 Å². The van der Waals surface area contributed by atoms with Crippen LogP contribution in [-0.2, 0) is 6.54 Å². The molecule has 1 aromatic heterocycles. The Morgan fingerprint density at radius 3 is 2.71 bits per heavy atom. The lowest BCUT2D eigenvalue weighted by Crippen LogP contribution is -2.07. The predicted molar refractivity (Wildman–Crippen MR) is 78.7 cm³/mol. The molecule has 2 rings (SSSR count). The fourth-order valence-electron chi connectivity index (χ4n) is 1.66. The molecule has 1 heterocycles. The van der Waals surface area contributed by atoms with E-state index in [1.165, 1.54) is 11.8 Å². The summed E-state index contributed by atoms with van der Waals surface area (Å²) >= 11 is 1.48. The number of para-hydroxylation sites is 2. The predicted octanol–water partition coefficient (Wildman–Crippen LogP) is 1.24. The molecule has 8 heteroatoms. The van der Waals surface area contributed by atoms with Gasteiger partial charge in [0.05, 0.1) is 26.4 Å². The molecule has 0 bridgehead atoms. The highest BCUT2D eigenvalue weighted by Gasteiger charge is 2.07. The van der Waals surface area contributed by atoms with E-state index in [-0.39, 0.29) is 6.61 Å². The third-order valence-electron chi connectivity index (χ3n) is 2.53. The van der Waals surface area contributed by atoms with E-state index in [0.29, 0.717) is 30.7 Å². The van der Waals surface area contributed by atoms with Crippen LogP contribution in [0, 0.1) is 0 Å². The molecule has 0 aliphatic heterocycles. The second-order valence-corrected chi connectivity index (χ2v) is 5.05. The third kappa shape index (κ3) is 4.61. The minimum absolute atomic E-state index is 0.0107. The second kappa shape index (κ2) is 8.48. The molecular formula is C13H18N4O3S.